The van der Waals surface area contributed by atoms with E-state index in [0.717, 1.165) is 29.4 Å². The van der Waals surface area contributed by atoms with Crippen molar-refractivity contribution in [1.82, 2.24) is 10.5 Å². The molecule has 19 heavy (non-hydrogen) atoms. The number of nitrogens with one attached hydrogen (secondary N) is 1. The zero-order valence-corrected chi connectivity index (χ0v) is 12.3. The molecule has 1 heterocycles. The lowest BCUT2D eigenvalue weighted by atomic mass is 9.99. The van der Waals surface area contributed by atoms with Gasteiger partial charge in [-0.3, -0.25) is 0 Å². The predicted molar refractivity (Wildman–Crippen MR) is 75.0 cm³/mol. The van der Waals surface area contributed by atoms with Crippen LogP contribution in [0.3, 0.4) is 0 Å². The van der Waals surface area contributed by atoms with Crippen LogP contribution in [0, 0.1) is 19.8 Å². The van der Waals surface area contributed by atoms with E-state index in [1.165, 1.54) is 25.7 Å². The van der Waals surface area contributed by atoms with E-state index in [4.69, 9.17) is 4.52 Å². The summed E-state index contributed by atoms with van der Waals surface area (Å²) in [4.78, 5) is 0. The van der Waals surface area contributed by atoms with Crippen molar-refractivity contribution in [1.29, 1.82) is 0 Å². The van der Waals surface area contributed by atoms with Crippen molar-refractivity contribution in [3.05, 3.63) is 17.0 Å². The van der Waals surface area contributed by atoms with Gasteiger partial charge in [-0.25, -0.2) is 0 Å². The summed E-state index contributed by atoms with van der Waals surface area (Å²) in [6.45, 7) is 6.62. The fourth-order valence-corrected chi connectivity index (χ4v) is 3.24. The van der Waals surface area contributed by atoms with E-state index in [1.54, 1.807) is 0 Å². The molecule has 1 aromatic heterocycles. The Bertz CT molecular complexity index is 377. The summed E-state index contributed by atoms with van der Waals surface area (Å²) in [5.74, 6) is 1.59. The first-order chi connectivity index (χ1) is 9.08. The summed E-state index contributed by atoms with van der Waals surface area (Å²) < 4.78 is 5.18. The molecule has 2 unspecified atom stereocenters. The molecule has 2 N–H and O–H groups in total. The summed E-state index contributed by atoms with van der Waals surface area (Å²) >= 11 is 0. The lowest BCUT2D eigenvalue weighted by molar-refractivity contribution is 0.137. The van der Waals surface area contributed by atoms with Gasteiger partial charge in [0.05, 0.1) is 11.8 Å². The van der Waals surface area contributed by atoms with Gasteiger partial charge in [0.2, 0.25) is 0 Å². The van der Waals surface area contributed by atoms with Crippen LogP contribution in [0.4, 0.5) is 0 Å². The molecule has 0 spiro atoms. The van der Waals surface area contributed by atoms with Crippen LogP contribution < -0.4 is 5.32 Å². The zero-order chi connectivity index (χ0) is 13.8. The number of aliphatic hydroxyl groups is 1. The van der Waals surface area contributed by atoms with Gasteiger partial charge < -0.3 is 14.9 Å². The second kappa shape index (κ2) is 6.53. The normalized spacial score (nSPS) is 19.8. The fourth-order valence-electron chi connectivity index (χ4n) is 3.24. The van der Waals surface area contributed by atoms with E-state index in [9.17, 15) is 5.11 Å². The molecule has 0 aromatic carbocycles. The molecule has 1 aliphatic carbocycles. The molecule has 0 aliphatic heterocycles. The molecule has 1 fully saturated rings. The smallest absolute Gasteiger partial charge is 0.138 e. The van der Waals surface area contributed by atoms with Gasteiger partial charge in [0, 0.05) is 18.2 Å². The number of hydrogen-bond donors (Lipinski definition) is 2. The topological polar surface area (TPSA) is 58.3 Å². The Labute approximate surface area is 115 Å². The SMILES string of the molecule is Cc1noc(C)c1C(C)NCC(O)CC1CCCC1. The maximum Gasteiger partial charge on any atom is 0.138 e. The Morgan fingerprint density at radius 3 is 2.63 bits per heavy atom. The first-order valence-corrected chi connectivity index (χ1v) is 7.42. The molecule has 4 heteroatoms. The highest BCUT2D eigenvalue weighted by Crippen LogP contribution is 2.28. The summed E-state index contributed by atoms with van der Waals surface area (Å²) in [5.41, 5.74) is 2.05. The third-order valence-electron chi connectivity index (χ3n) is 4.26. The highest BCUT2D eigenvalue weighted by molar-refractivity contribution is 5.24. The maximum absolute atomic E-state index is 10.1. The molecule has 2 rings (SSSR count). The van der Waals surface area contributed by atoms with Gasteiger partial charge >= 0.3 is 0 Å². The third kappa shape index (κ3) is 3.80. The molecule has 0 bridgehead atoms. The first-order valence-electron chi connectivity index (χ1n) is 7.42. The number of rotatable bonds is 6. The molecule has 1 aliphatic rings. The molecule has 0 amide bonds. The molecule has 1 aromatic rings. The van der Waals surface area contributed by atoms with Crippen molar-refractivity contribution in [2.75, 3.05) is 6.54 Å². The van der Waals surface area contributed by atoms with Crippen molar-refractivity contribution in [2.45, 2.75) is 65.0 Å². The average molecular weight is 266 g/mol. The third-order valence-corrected chi connectivity index (χ3v) is 4.26. The Morgan fingerprint density at radius 1 is 1.37 bits per heavy atom. The van der Waals surface area contributed by atoms with Crippen LogP contribution in [0.1, 0.15) is 62.1 Å². The minimum Gasteiger partial charge on any atom is -0.392 e. The standard InChI is InChI=1S/C15H26N2O2/c1-10(15-11(2)17-19-12(15)3)16-9-14(18)8-13-6-4-5-7-13/h10,13-14,16,18H,4-9H2,1-3H3. The summed E-state index contributed by atoms with van der Waals surface area (Å²) in [7, 11) is 0. The molecular formula is C15H26N2O2. The number of aliphatic hydroxyl groups excluding tert-OH is 1. The largest absolute Gasteiger partial charge is 0.392 e. The van der Waals surface area contributed by atoms with Crippen molar-refractivity contribution < 1.29 is 9.63 Å². The van der Waals surface area contributed by atoms with Crippen LogP contribution >= 0.6 is 0 Å². The van der Waals surface area contributed by atoms with Crippen molar-refractivity contribution in [3.63, 3.8) is 0 Å². The first kappa shape index (κ1) is 14.5. The predicted octanol–water partition coefficient (Wildman–Crippen LogP) is 2.88. The second-order valence-corrected chi connectivity index (χ2v) is 5.91. The average Bonchev–Trinajstić information content (AvgIpc) is 2.97. The molecule has 0 radical (unpaired) electrons. The van der Waals surface area contributed by atoms with Crippen LogP contribution in [0.25, 0.3) is 0 Å². The summed E-state index contributed by atoms with van der Waals surface area (Å²) in [6.07, 6.45) is 5.93. The number of nitrogens with zero attached hydrogens (tertiary/aromatic N) is 1. The molecule has 108 valence electrons. The quantitative estimate of drug-likeness (QED) is 0.831. The van der Waals surface area contributed by atoms with E-state index in [2.05, 4.69) is 17.4 Å². The van der Waals surface area contributed by atoms with Crippen molar-refractivity contribution in [2.24, 2.45) is 5.92 Å². The Morgan fingerprint density at radius 2 is 2.05 bits per heavy atom. The van der Waals surface area contributed by atoms with E-state index in [1.807, 2.05) is 13.8 Å². The van der Waals surface area contributed by atoms with Crippen LogP contribution in [0.15, 0.2) is 4.52 Å². The Balaban J connectivity index is 1.78. The second-order valence-electron chi connectivity index (χ2n) is 5.91. The highest BCUT2D eigenvalue weighted by Gasteiger charge is 2.20. The van der Waals surface area contributed by atoms with Gasteiger partial charge in [-0.2, -0.15) is 0 Å². The number of hydrogen-bond acceptors (Lipinski definition) is 4. The molecule has 4 nitrogen and oxygen atoms in total. The van der Waals surface area contributed by atoms with Gasteiger partial charge in [-0.05, 0) is 33.1 Å². The lowest BCUT2D eigenvalue weighted by Crippen LogP contribution is -2.30. The van der Waals surface area contributed by atoms with Gasteiger partial charge in [0.1, 0.15) is 5.76 Å². The summed E-state index contributed by atoms with van der Waals surface area (Å²) in [5, 5.41) is 17.5. The zero-order valence-electron chi connectivity index (χ0n) is 12.3. The highest BCUT2D eigenvalue weighted by atomic mass is 16.5. The van der Waals surface area contributed by atoms with Crippen molar-refractivity contribution in [3.8, 4) is 0 Å². The van der Waals surface area contributed by atoms with E-state index < -0.39 is 0 Å². The fraction of sp³-hybridized carbons (Fsp3) is 0.800. The summed E-state index contributed by atoms with van der Waals surface area (Å²) in [6, 6.07) is 0.171. The Hall–Kier alpha value is -0.870. The van der Waals surface area contributed by atoms with Crippen LogP contribution in [0.5, 0.6) is 0 Å². The van der Waals surface area contributed by atoms with Crippen LogP contribution in [-0.2, 0) is 0 Å². The van der Waals surface area contributed by atoms with E-state index >= 15 is 0 Å². The number of aromatic nitrogens is 1. The van der Waals surface area contributed by atoms with Crippen LogP contribution in [0.2, 0.25) is 0 Å². The Kier molecular flexibility index (Phi) is 4.99. The van der Waals surface area contributed by atoms with Gasteiger partial charge in [0.15, 0.2) is 0 Å². The molecular weight excluding hydrogens is 240 g/mol. The lowest BCUT2D eigenvalue weighted by Gasteiger charge is -2.19. The monoisotopic (exact) mass is 266 g/mol. The van der Waals surface area contributed by atoms with Gasteiger partial charge in [-0.15, -0.1) is 0 Å². The number of aryl methyl sites for hydroxylation is 2. The minimum atomic E-state index is -0.244. The van der Waals surface area contributed by atoms with Crippen LogP contribution in [-0.4, -0.2) is 22.9 Å². The van der Waals surface area contributed by atoms with Gasteiger partial charge in [-0.1, -0.05) is 30.8 Å². The molecule has 2 atom stereocenters. The van der Waals surface area contributed by atoms with Crippen molar-refractivity contribution >= 4 is 0 Å². The van der Waals surface area contributed by atoms with Gasteiger partial charge in [0.25, 0.3) is 0 Å². The minimum absolute atomic E-state index is 0.171. The van der Waals surface area contributed by atoms with E-state index in [0.29, 0.717) is 6.54 Å². The molecule has 1 saturated carbocycles. The molecule has 0 saturated heterocycles. The van der Waals surface area contributed by atoms with E-state index in [-0.39, 0.29) is 12.1 Å². The maximum atomic E-state index is 10.1.